The molecule has 0 unspecified atom stereocenters. The lowest BCUT2D eigenvalue weighted by molar-refractivity contribution is 0.0954. The number of aryl methyl sites for hydroxylation is 2. The van der Waals surface area contributed by atoms with E-state index in [-0.39, 0.29) is 18.4 Å². The van der Waals surface area contributed by atoms with Gasteiger partial charge in [-0.3, -0.25) is 4.79 Å². The summed E-state index contributed by atoms with van der Waals surface area (Å²) in [6.45, 7) is 0.138. The molecule has 3 N–H and O–H groups in total. The van der Waals surface area contributed by atoms with E-state index in [0.717, 1.165) is 12.8 Å². The number of nitrogen functional groups attached to an aromatic ring is 1. The lowest BCUT2D eigenvalue weighted by atomic mass is 9.99. The molecular weight excluding hydrogens is 363 g/mol. The second-order valence-corrected chi connectivity index (χ2v) is 7.69. The Labute approximate surface area is 160 Å². The maximum Gasteiger partial charge on any atom is 0.261 e. The van der Waals surface area contributed by atoms with Gasteiger partial charge in [0.1, 0.15) is 5.82 Å². The lowest BCUT2D eigenvalue weighted by Gasteiger charge is -2.08. The Bertz CT molecular complexity index is 978. The molecular formula is C20H19FN4OS. The molecule has 2 aromatic heterocycles. The third-order valence-corrected chi connectivity index (χ3v) is 5.92. The van der Waals surface area contributed by atoms with E-state index in [1.54, 1.807) is 29.5 Å². The molecule has 5 nitrogen and oxygen atoms in total. The minimum atomic E-state index is -0.393. The van der Waals surface area contributed by atoms with Crippen LogP contribution in [-0.2, 0) is 19.4 Å². The number of fused-ring (bicyclic) bond motifs is 1. The first-order valence-electron chi connectivity index (χ1n) is 8.87. The Kier molecular flexibility index (Phi) is 4.85. The first-order valence-corrected chi connectivity index (χ1v) is 9.69. The minimum Gasteiger partial charge on any atom is -0.368 e. The van der Waals surface area contributed by atoms with Crippen LogP contribution in [0.2, 0.25) is 0 Å². The molecule has 0 atom stereocenters. The highest BCUT2D eigenvalue weighted by Gasteiger charge is 2.17. The molecule has 1 aliphatic rings. The summed E-state index contributed by atoms with van der Waals surface area (Å²) in [7, 11) is 0. The number of anilines is 1. The van der Waals surface area contributed by atoms with Gasteiger partial charge in [0.2, 0.25) is 5.95 Å². The van der Waals surface area contributed by atoms with E-state index in [1.807, 2.05) is 6.07 Å². The number of nitrogens with one attached hydrogen (secondary N) is 1. The summed E-state index contributed by atoms with van der Waals surface area (Å²) in [4.78, 5) is 22.4. The fourth-order valence-electron chi connectivity index (χ4n) is 3.25. The number of hydrogen-bond acceptors (Lipinski definition) is 5. The third-order valence-electron chi connectivity index (χ3n) is 4.68. The van der Waals surface area contributed by atoms with Crippen molar-refractivity contribution in [1.82, 2.24) is 15.3 Å². The standard InChI is InChI=1S/C20H19FN4OS/c21-15-9-12(16-7-8-23-20(22)25-16)5-6-14(15)11-24-19(26)18-10-13-3-1-2-4-17(13)27-18/h5-10H,1-4,11H2,(H,24,26)(H2,22,23,25). The molecule has 1 aromatic carbocycles. The fraction of sp³-hybridized carbons (Fsp3) is 0.250. The van der Waals surface area contributed by atoms with Gasteiger partial charge in [0, 0.05) is 28.7 Å². The second-order valence-electron chi connectivity index (χ2n) is 6.56. The maximum atomic E-state index is 14.5. The van der Waals surface area contributed by atoms with Crippen molar-refractivity contribution in [1.29, 1.82) is 0 Å². The van der Waals surface area contributed by atoms with Crippen LogP contribution >= 0.6 is 11.3 Å². The quantitative estimate of drug-likeness (QED) is 0.720. The van der Waals surface area contributed by atoms with Crippen molar-refractivity contribution in [3.8, 4) is 11.3 Å². The molecule has 0 spiro atoms. The molecule has 0 radical (unpaired) electrons. The summed E-state index contributed by atoms with van der Waals surface area (Å²) in [5.74, 6) is -0.403. The maximum absolute atomic E-state index is 14.5. The van der Waals surface area contributed by atoms with Crippen LogP contribution in [-0.4, -0.2) is 15.9 Å². The molecule has 0 fully saturated rings. The smallest absolute Gasteiger partial charge is 0.261 e. The van der Waals surface area contributed by atoms with E-state index in [0.29, 0.717) is 21.7 Å². The first-order chi connectivity index (χ1) is 13.1. The number of rotatable bonds is 4. The number of nitrogens with zero attached hydrogens (tertiary/aromatic N) is 2. The molecule has 0 saturated heterocycles. The zero-order valence-corrected chi connectivity index (χ0v) is 15.5. The van der Waals surface area contributed by atoms with Crippen LogP contribution in [0.15, 0.2) is 36.5 Å². The van der Waals surface area contributed by atoms with Gasteiger partial charge in [-0.05, 0) is 49.4 Å². The van der Waals surface area contributed by atoms with E-state index in [2.05, 4.69) is 15.3 Å². The number of thiophene rings is 1. The summed E-state index contributed by atoms with van der Waals surface area (Å²) < 4.78 is 14.5. The molecule has 7 heteroatoms. The molecule has 138 valence electrons. The van der Waals surface area contributed by atoms with Crippen molar-refractivity contribution >= 4 is 23.2 Å². The molecule has 0 saturated carbocycles. The van der Waals surface area contributed by atoms with E-state index in [1.165, 1.54) is 35.5 Å². The van der Waals surface area contributed by atoms with Crippen molar-refractivity contribution in [2.75, 3.05) is 5.73 Å². The molecule has 1 aliphatic carbocycles. The molecule has 27 heavy (non-hydrogen) atoms. The van der Waals surface area contributed by atoms with Crippen LogP contribution in [0.3, 0.4) is 0 Å². The van der Waals surface area contributed by atoms with Crippen LogP contribution in [0, 0.1) is 5.82 Å². The van der Waals surface area contributed by atoms with Gasteiger partial charge in [-0.1, -0.05) is 12.1 Å². The molecule has 0 aliphatic heterocycles. The van der Waals surface area contributed by atoms with Gasteiger partial charge in [-0.25, -0.2) is 14.4 Å². The number of benzene rings is 1. The Morgan fingerprint density at radius 3 is 2.85 bits per heavy atom. The highest BCUT2D eigenvalue weighted by molar-refractivity contribution is 7.14. The molecule has 3 aromatic rings. The van der Waals surface area contributed by atoms with Gasteiger partial charge < -0.3 is 11.1 Å². The number of halogens is 1. The predicted molar refractivity (Wildman–Crippen MR) is 104 cm³/mol. The summed E-state index contributed by atoms with van der Waals surface area (Å²) >= 11 is 1.55. The monoisotopic (exact) mass is 382 g/mol. The average molecular weight is 382 g/mol. The Morgan fingerprint density at radius 2 is 2.07 bits per heavy atom. The summed E-state index contributed by atoms with van der Waals surface area (Å²) in [6.07, 6.45) is 5.99. The van der Waals surface area contributed by atoms with Gasteiger partial charge in [0.15, 0.2) is 0 Å². The Balaban J connectivity index is 1.45. The van der Waals surface area contributed by atoms with Crippen LogP contribution in [0.5, 0.6) is 0 Å². The van der Waals surface area contributed by atoms with Crippen LogP contribution < -0.4 is 11.1 Å². The number of carbonyl (C=O) groups is 1. The van der Waals surface area contributed by atoms with Crippen molar-refractivity contribution in [2.24, 2.45) is 0 Å². The Hall–Kier alpha value is -2.80. The molecule has 1 amide bonds. The van der Waals surface area contributed by atoms with E-state index < -0.39 is 5.82 Å². The summed E-state index contributed by atoms with van der Waals surface area (Å²) in [5, 5.41) is 2.82. The number of hydrogen-bond donors (Lipinski definition) is 2. The number of aromatic nitrogens is 2. The number of carbonyl (C=O) groups excluding carboxylic acids is 1. The van der Waals surface area contributed by atoms with Gasteiger partial charge in [-0.15, -0.1) is 11.3 Å². The van der Waals surface area contributed by atoms with Crippen LogP contribution in [0.1, 0.15) is 38.5 Å². The van der Waals surface area contributed by atoms with Gasteiger partial charge in [0.05, 0.1) is 10.6 Å². The van der Waals surface area contributed by atoms with Gasteiger partial charge in [0.25, 0.3) is 5.91 Å². The predicted octanol–water partition coefficient (Wildman–Crippen LogP) is 3.74. The van der Waals surface area contributed by atoms with Crippen molar-refractivity contribution in [3.63, 3.8) is 0 Å². The van der Waals surface area contributed by atoms with Crippen LogP contribution in [0.25, 0.3) is 11.3 Å². The average Bonchev–Trinajstić information content (AvgIpc) is 3.11. The van der Waals surface area contributed by atoms with Crippen molar-refractivity contribution in [3.05, 3.63) is 63.2 Å². The van der Waals surface area contributed by atoms with Gasteiger partial charge in [-0.2, -0.15) is 0 Å². The number of amides is 1. The normalized spacial score (nSPS) is 13.2. The molecule has 2 heterocycles. The largest absolute Gasteiger partial charge is 0.368 e. The lowest BCUT2D eigenvalue weighted by Crippen LogP contribution is -2.22. The van der Waals surface area contributed by atoms with E-state index in [4.69, 9.17) is 5.73 Å². The second kappa shape index (κ2) is 7.44. The first kappa shape index (κ1) is 17.6. The zero-order valence-electron chi connectivity index (χ0n) is 14.7. The SMILES string of the molecule is Nc1nccc(-c2ccc(CNC(=O)c3cc4c(s3)CCCC4)c(F)c2)n1. The molecule has 4 rings (SSSR count). The Morgan fingerprint density at radius 1 is 1.22 bits per heavy atom. The summed E-state index contributed by atoms with van der Waals surface area (Å²) in [5.41, 5.74) is 8.46. The zero-order chi connectivity index (χ0) is 18.8. The van der Waals surface area contributed by atoms with E-state index >= 15 is 0 Å². The third kappa shape index (κ3) is 3.83. The van der Waals surface area contributed by atoms with Crippen molar-refractivity contribution in [2.45, 2.75) is 32.2 Å². The fourth-order valence-corrected chi connectivity index (χ4v) is 4.42. The number of nitrogens with two attached hydrogens (primary N) is 1. The van der Waals surface area contributed by atoms with Gasteiger partial charge >= 0.3 is 0 Å². The minimum absolute atomic E-state index is 0.138. The topological polar surface area (TPSA) is 80.9 Å². The molecule has 0 bridgehead atoms. The van der Waals surface area contributed by atoms with Crippen LogP contribution in [0.4, 0.5) is 10.3 Å². The van der Waals surface area contributed by atoms with E-state index in [9.17, 15) is 9.18 Å². The summed E-state index contributed by atoms with van der Waals surface area (Å²) in [6, 6.07) is 8.46. The highest BCUT2D eigenvalue weighted by atomic mass is 32.1. The highest BCUT2D eigenvalue weighted by Crippen LogP contribution is 2.29. The van der Waals surface area contributed by atoms with Crippen molar-refractivity contribution < 1.29 is 9.18 Å².